The fourth-order valence-electron chi connectivity index (χ4n) is 2.36. The first-order chi connectivity index (χ1) is 9.87. The van der Waals surface area contributed by atoms with Gasteiger partial charge in [-0.05, 0) is 43.9 Å². The van der Waals surface area contributed by atoms with E-state index < -0.39 is 10.0 Å². The van der Waals surface area contributed by atoms with Gasteiger partial charge in [0.05, 0.1) is 10.6 Å². The normalized spacial score (nSPS) is 14.2. The summed E-state index contributed by atoms with van der Waals surface area (Å²) in [6.07, 6.45) is 3.01. The Kier molecular flexibility index (Phi) is 3.71. The van der Waals surface area contributed by atoms with Crippen molar-refractivity contribution in [1.82, 2.24) is 4.98 Å². The van der Waals surface area contributed by atoms with Crippen LogP contribution in [0.3, 0.4) is 0 Å². The van der Waals surface area contributed by atoms with Gasteiger partial charge in [0.25, 0.3) is 10.0 Å². The molecule has 0 fully saturated rings. The number of benzene rings is 1. The molecule has 112 valence electrons. The Balaban J connectivity index is 1.97. The minimum absolute atomic E-state index is 0.171. The Morgan fingerprint density at radius 2 is 2.14 bits per heavy atom. The van der Waals surface area contributed by atoms with Crippen molar-refractivity contribution in [2.45, 2.75) is 31.1 Å². The molecular formula is C13H14BrN3O2S2. The van der Waals surface area contributed by atoms with Gasteiger partial charge in [-0.3, -0.25) is 4.72 Å². The Morgan fingerprint density at radius 1 is 1.38 bits per heavy atom. The summed E-state index contributed by atoms with van der Waals surface area (Å²) in [4.78, 5) is 5.71. The smallest absolute Gasteiger partial charge is 0.264 e. The standard InChI is InChI=1S/C13H14BrN3O2S2/c1-7-9(15)5-8(14)6-12(7)21(18,19)17-13-16-10-3-2-4-11(10)20-13/h5-6H,2-4,15H2,1H3,(H,16,17). The number of anilines is 2. The molecular weight excluding hydrogens is 374 g/mol. The Labute approximate surface area is 135 Å². The zero-order valence-electron chi connectivity index (χ0n) is 11.3. The van der Waals surface area contributed by atoms with Gasteiger partial charge in [-0.15, -0.1) is 11.3 Å². The number of sulfonamides is 1. The summed E-state index contributed by atoms with van der Waals surface area (Å²) in [6.45, 7) is 1.69. The van der Waals surface area contributed by atoms with E-state index in [1.54, 1.807) is 19.1 Å². The van der Waals surface area contributed by atoms with Gasteiger partial charge in [-0.2, -0.15) is 0 Å². The molecule has 1 aliphatic carbocycles. The van der Waals surface area contributed by atoms with Crippen molar-refractivity contribution in [2.75, 3.05) is 10.5 Å². The SMILES string of the molecule is Cc1c(N)cc(Br)cc1S(=O)(=O)Nc1nc2c(s1)CCC2. The molecule has 0 radical (unpaired) electrons. The first kappa shape index (κ1) is 14.8. The number of nitrogens with zero attached hydrogens (tertiary/aromatic N) is 1. The summed E-state index contributed by atoms with van der Waals surface area (Å²) < 4.78 is 28.3. The molecule has 1 heterocycles. The lowest BCUT2D eigenvalue weighted by molar-refractivity contribution is 0.600. The molecule has 21 heavy (non-hydrogen) atoms. The molecule has 8 heteroatoms. The minimum Gasteiger partial charge on any atom is -0.398 e. The number of nitrogens with one attached hydrogen (secondary N) is 1. The molecule has 0 aliphatic heterocycles. The second-order valence-electron chi connectivity index (χ2n) is 4.97. The zero-order chi connectivity index (χ0) is 15.2. The van der Waals surface area contributed by atoms with Crippen molar-refractivity contribution >= 4 is 48.1 Å². The molecule has 0 saturated carbocycles. The summed E-state index contributed by atoms with van der Waals surface area (Å²) >= 11 is 4.69. The summed E-state index contributed by atoms with van der Waals surface area (Å²) in [6, 6.07) is 3.24. The summed E-state index contributed by atoms with van der Waals surface area (Å²) in [5.74, 6) is 0. The second kappa shape index (κ2) is 5.26. The van der Waals surface area contributed by atoms with E-state index in [9.17, 15) is 8.42 Å². The number of nitrogen functional groups attached to an aromatic ring is 1. The monoisotopic (exact) mass is 387 g/mol. The highest BCUT2D eigenvalue weighted by Gasteiger charge is 2.23. The molecule has 0 saturated heterocycles. The van der Waals surface area contributed by atoms with Crippen molar-refractivity contribution in [3.05, 3.63) is 32.7 Å². The average Bonchev–Trinajstić information content (AvgIpc) is 2.93. The highest BCUT2D eigenvalue weighted by molar-refractivity contribution is 9.10. The molecule has 0 amide bonds. The molecule has 2 aromatic rings. The Bertz CT molecular complexity index is 794. The maximum atomic E-state index is 12.5. The van der Waals surface area contributed by atoms with Crippen molar-refractivity contribution in [3.63, 3.8) is 0 Å². The van der Waals surface area contributed by atoms with E-state index in [2.05, 4.69) is 25.6 Å². The highest BCUT2D eigenvalue weighted by Crippen LogP contribution is 2.33. The molecule has 1 aliphatic rings. The van der Waals surface area contributed by atoms with Crippen LogP contribution in [0.2, 0.25) is 0 Å². The van der Waals surface area contributed by atoms with Crippen molar-refractivity contribution < 1.29 is 8.42 Å². The lowest BCUT2D eigenvalue weighted by Gasteiger charge is -2.11. The number of hydrogen-bond acceptors (Lipinski definition) is 5. The molecule has 0 bridgehead atoms. The molecule has 0 unspecified atom stereocenters. The number of halogens is 1. The lowest BCUT2D eigenvalue weighted by Crippen LogP contribution is -2.15. The molecule has 1 aromatic carbocycles. The van der Waals surface area contributed by atoms with Gasteiger partial charge in [0.15, 0.2) is 5.13 Å². The average molecular weight is 388 g/mol. The topological polar surface area (TPSA) is 85.1 Å². The predicted octanol–water partition coefficient (Wildman–Crippen LogP) is 3.09. The van der Waals surface area contributed by atoms with Gasteiger partial charge in [0.1, 0.15) is 0 Å². The van der Waals surface area contributed by atoms with Crippen LogP contribution in [0.5, 0.6) is 0 Å². The Morgan fingerprint density at radius 3 is 2.86 bits per heavy atom. The number of hydrogen-bond donors (Lipinski definition) is 2. The third-order valence-corrected chi connectivity index (χ3v) is 6.60. The van der Waals surface area contributed by atoms with Crippen LogP contribution in [0.4, 0.5) is 10.8 Å². The summed E-state index contributed by atoms with van der Waals surface area (Å²) in [5.41, 5.74) is 7.83. The van der Waals surface area contributed by atoms with Crippen LogP contribution < -0.4 is 10.5 Å². The quantitative estimate of drug-likeness (QED) is 0.792. The van der Waals surface area contributed by atoms with Crippen molar-refractivity contribution in [1.29, 1.82) is 0 Å². The number of aromatic nitrogens is 1. The van der Waals surface area contributed by atoms with E-state index in [4.69, 9.17) is 5.73 Å². The van der Waals surface area contributed by atoms with E-state index in [0.29, 0.717) is 20.9 Å². The van der Waals surface area contributed by atoms with Crippen LogP contribution in [0, 0.1) is 6.92 Å². The maximum Gasteiger partial charge on any atom is 0.264 e. The molecule has 0 spiro atoms. The number of aryl methyl sites for hydroxylation is 2. The third-order valence-electron chi connectivity index (χ3n) is 3.47. The van der Waals surface area contributed by atoms with E-state index in [1.165, 1.54) is 16.2 Å². The number of thiazole rings is 1. The van der Waals surface area contributed by atoms with Gasteiger partial charge in [-0.1, -0.05) is 15.9 Å². The van der Waals surface area contributed by atoms with Crippen LogP contribution in [-0.2, 0) is 22.9 Å². The van der Waals surface area contributed by atoms with Crippen molar-refractivity contribution in [2.24, 2.45) is 0 Å². The van der Waals surface area contributed by atoms with Crippen LogP contribution in [0.1, 0.15) is 22.6 Å². The molecule has 3 rings (SSSR count). The molecule has 1 aromatic heterocycles. The first-order valence-electron chi connectivity index (χ1n) is 6.44. The van der Waals surface area contributed by atoms with Crippen LogP contribution in [-0.4, -0.2) is 13.4 Å². The van der Waals surface area contributed by atoms with E-state index in [-0.39, 0.29) is 4.90 Å². The van der Waals surface area contributed by atoms with Crippen LogP contribution in [0.15, 0.2) is 21.5 Å². The predicted molar refractivity (Wildman–Crippen MR) is 88.2 cm³/mol. The van der Waals surface area contributed by atoms with Gasteiger partial charge in [0.2, 0.25) is 0 Å². The highest BCUT2D eigenvalue weighted by atomic mass is 79.9. The minimum atomic E-state index is -3.69. The number of nitrogens with two attached hydrogens (primary N) is 1. The van der Waals surface area contributed by atoms with Crippen LogP contribution >= 0.6 is 27.3 Å². The fraction of sp³-hybridized carbons (Fsp3) is 0.308. The van der Waals surface area contributed by atoms with Gasteiger partial charge in [-0.25, -0.2) is 13.4 Å². The maximum absolute atomic E-state index is 12.5. The zero-order valence-corrected chi connectivity index (χ0v) is 14.5. The summed E-state index contributed by atoms with van der Waals surface area (Å²) in [7, 11) is -3.69. The number of fused-ring (bicyclic) bond motifs is 1. The fourth-order valence-corrected chi connectivity index (χ4v) is 5.57. The van der Waals surface area contributed by atoms with E-state index in [1.807, 2.05) is 0 Å². The van der Waals surface area contributed by atoms with Gasteiger partial charge >= 0.3 is 0 Å². The second-order valence-corrected chi connectivity index (χ2v) is 8.62. The van der Waals surface area contributed by atoms with E-state index >= 15 is 0 Å². The van der Waals surface area contributed by atoms with Crippen LogP contribution in [0.25, 0.3) is 0 Å². The largest absolute Gasteiger partial charge is 0.398 e. The summed E-state index contributed by atoms with van der Waals surface area (Å²) in [5, 5.41) is 0.428. The lowest BCUT2D eigenvalue weighted by atomic mass is 10.2. The molecule has 3 N–H and O–H groups in total. The Hall–Kier alpha value is -1.12. The van der Waals surface area contributed by atoms with Crippen molar-refractivity contribution in [3.8, 4) is 0 Å². The van der Waals surface area contributed by atoms with Gasteiger partial charge < -0.3 is 5.73 Å². The molecule has 5 nitrogen and oxygen atoms in total. The number of rotatable bonds is 3. The van der Waals surface area contributed by atoms with Gasteiger partial charge in [0, 0.05) is 15.0 Å². The molecule has 0 atom stereocenters. The first-order valence-corrected chi connectivity index (χ1v) is 9.53. The third kappa shape index (κ3) is 2.79. The van der Waals surface area contributed by atoms with E-state index in [0.717, 1.165) is 25.0 Å².